The number of halogens is 1. The monoisotopic (exact) mass is 341 g/mol. The number of amidine groups is 1. The lowest BCUT2D eigenvalue weighted by Gasteiger charge is -2.07. The van der Waals surface area contributed by atoms with Crippen LogP contribution in [0.25, 0.3) is 0 Å². The maximum Gasteiger partial charge on any atom is 0.252 e. The van der Waals surface area contributed by atoms with Gasteiger partial charge in [0.05, 0.1) is 18.7 Å². The van der Waals surface area contributed by atoms with Gasteiger partial charge < -0.3 is 10.6 Å². The molecule has 0 saturated carbocycles. The SMILES string of the molecule is O=C(CNC(=O)c1ccccc1Br)NC1=NCCS1. The van der Waals surface area contributed by atoms with Gasteiger partial charge in [0.25, 0.3) is 5.91 Å². The molecule has 7 heteroatoms. The van der Waals surface area contributed by atoms with Crippen molar-refractivity contribution in [2.24, 2.45) is 4.99 Å². The molecule has 0 radical (unpaired) electrons. The Kier molecular flexibility index (Phi) is 4.98. The number of carbonyl (C=O) groups excluding carboxylic acids is 2. The molecule has 0 aromatic heterocycles. The van der Waals surface area contributed by atoms with Gasteiger partial charge >= 0.3 is 0 Å². The molecular weight excluding hydrogens is 330 g/mol. The van der Waals surface area contributed by atoms with E-state index in [1.807, 2.05) is 6.07 Å². The standard InChI is InChI=1S/C12H12BrN3O2S/c13-9-4-2-1-3-8(9)11(18)15-7-10(17)16-12-14-5-6-19-12/h1-4H,5-7H2,(H,15,18)(H,14,16,17). The van der Waals surface area contributed by atoms with E-state index in [-0.39, 0.29) is 18.4 Å². The number of hydrogen-bond donors (Lipinski definition) is 2. The summed E-state index contributed by atoms with van der Waals surface area (Å²) in [5.41, 5.74) is 0.503. The molecule has 0 saturated heterocycles. The predicted molar refractivity (Wildman–Crippen MR) is 79.4 cm³/mol. The van der Waals surface area contributed by atoms with Gasteiger partial charge in [-0.3, -0.25) is 14.6 Å². The number of thioether (sulfide) groups is 1. The Morgan fingerprint density at radius 3 is 2.84 bits per heavy atom. The van der Waals surface area contributed by atoms with Crippen molar-refractivity contribution in [3.63, 3.8) is 0 Å². The van der Waals surface area contributed by atoms with Gasteiger partial charge in [0.1, 0.15) is 0 Å². The van der Waals surface area contributed by atoms with Gasteiger partial charge in [-0.2, -0.15) is 0 Å². The number of rotatable bonds is 3. The summed E-state index contributed by atoms with van der Waals surface area (Å²) in [5.74, 6) is 0.330. The number of nitrogens with one attached hydrogen (secondary N) is 2. The first-order valence-electron chi connectivity index (χ1n) is 5.66. The lowest BCUT2D eigenvalue weighted by molar-refractivity contribution is -0.118. The zero-order valence-corrected chi connectivity index (χ0v) is 12.4. The molecule has 1 heterocycles. The Morgan fingerprint density at radius 2 is 2.16 bits per heavy atom. The number of hydrogen-bond acceptors (Lipinski definition) is 4. The van der Waals surface area contributed by atoms with Gasteiger partial charge in [0, 0.05) is 10.2 Å². The lowest BCUT2D eigenvalue weighted by atomic mass is 10.2. The van der Waals surface area contributed by atoms with Crippen LogP contribution in [0.5, 0.6) is 0 Å². The van der Waals surface area contributed by atoms with Crippen LogP contribution in [0, 0.1) is 0 Å². The quantitative estimate of drug-likeness (QED) is 0.872. The molecule has 0 spiro atoms. The molecule has 5 nitrogen and oxygen atoms in total. The Balaban J connectivity index is 1.83. The van der Waals surface area contributed by atoms with Gasteiger partial charge in [0.2, 0.25) is 5.91 Å². The molecular formula is C12H12BrN3O2S. The van der Waals surface area contributed by atoms with Crippen LogP contribution in [0.15, 0.2) is 33.7 Å². The molecule has 0 bridgehead atoms. The topological polar surface area (TPSA) is 70.6 Å². The highest BCUT2D eigenvalue weighted by Crippen LogP contribution is 2.15. The molecule has 0 unspecified atom stereocenters. The van der Waals surface area contributed by atoms with Crippen molar-refractivity contribution in [1.82, 2.24) is 10.6 Å². The third-order valence-corrected chi connectivity index (χ3v) is 3.94. The van der Waals surface area contributed by atoms with Crippen molar-refractivity contribution < 1.29 is 9.59 Å². The molecule has 19 heavy (non-hydrogen) atoms. The van der Waals surface area contributed by atoms with E-state index in [2.05, 4.69) is 31.6 Å². The molecule has 2 amide bonds. The Hall–Kier alpha value is -1.34. The van der Waals surface area contributed by atoms with Crippen LogP contribution in [-0.2, 0) is 4.79 Å². The number of benzene rings is 1. The molecule has 2 rings (SSSR count). The molecule has 0 fully saturated rings. The Bertz CT molecular complexity index is 533. The normalized spacial score (nSPS) is 13.8. The Morgan fingerprint density at radius 1 is 1.37 bits per heavy atom. The zero-order valence-electron chi connectivity index (χ0n) is 9.98. The van der Waals surface area contributed by atoms with Crippen LogP contribution in [0.2, 0.25) is 0 Å². The van der Waals surface area contributed by atoms with Gasteiger partial charge in [-0.25, -0.2) is 0 Å². The van der Waals surface area contributed by atoms with E-state index in [0.29, 0.717) is 15.2 Å². The number of carbonyl (C=O) groups is 2. The first kappa shape index (κ1) is 14.1. The van der Waals surface area contributed by atoms with Gasteiger partial charge in [-0.15, -0.1) is 0 Å². The Labute approximate surface area is 123 Å². The van der Waals surface area contributed by atoms with Crippen LogP contribution in [0.1, 0.15) is 10.4 Å². The fraction of sp³-hybridized carbons (Fsp3) is 0.250. The summed E-state index contributed by atoms with van der Waals surface area (Å²) < 4.78 is 0.698. The van der Waals surface area contributed by atoms with Crippen LogP contribution in [-0.4, -0.2) is 35.8 Å². The van der Waals surface area contributed by atoms with Crippen molar-refractivity contribution in [2.45, 2.75) is 0 Å². The second kappa shape index (κ2) is 6.72. The summed E-state index contributed by atoms with van der Waals surface area (Å²) in [7, 11) is 0. The number of nitrogens with zero attached hydrogens (tertiary/aromatic N) is 1. The van der Waals surface area contributed by atoms with Crippen LogP contribution >= 0.6 is 27.7 Å². The maximum absolute atomic E-state index is 11.9. The molecule has 1 aliphatic heterocycles. The highest BCUT2D eigenvalue weighted by atomic mass is 79.9. The van der Waals surface area contributed by atoms with Crippen molar-refractivity contribution >= 4 is 44.7 Å². The average Bonchev–Trinajstić information content (AvgIpc) is 2.89. The fourth-order valence-corrected chi connectivity index (χ4v) is 2.68. The second-order valence-electron chi connectivity index (χ2n) is 3.75. The van der Waals surface area contributed by atoms with E-state index >= 15 is 0 Å². The third kappa shape index (κ3) is 4.07. The number of amides is 2. The van der Waals surface area contributed by atoms with Crippen LogP contribution in [0.3, 0.4) is 0 Å². The van der Waals surface area contributed by atoms with E-state index in [1.54, 1.807) is 18.2 Å². The van der Waals surface area contributed by atoms with E-state index in [9.17, 15) is 9.59 Å². The minimum absolute atomic E-state index is 0.0697. The molecule has 0 aliphatic carbocycles. The van der Waals surface area contributed by atoms with E-state index < -0.39 is 0 Å². The summed E-state index contributed by atoms with van der Waals surface area (Å²) in [6, 6.07) is 7.06. The maximum atomic E-state index is 11.9. The van der Waals surface area contributed by atoms with Crippen LogP contribution in [0.4, 0.5) is 0 Å². The van der Waals surface area contributed by atoms with Crippen molar-refractivity contribution in [3.05, 3.63) is 34.3 Å². The van der Waals surface area contributed by atoms with Gasteiger partial charge in [-0.1, -0.05) is 23.9 Å². The summed E-state index contributed by atoms with van der Waals surface area (Å²) >= 11 is 4.79. The average molecular weight is 342 g/mol. The van der Waals surface area contributed by atoms with Gasteiger partial charge in [0.15, 0.2) is 5.17 Å². The first-order valence-corrected chi connectivity index (χ1v) is 7.44. The van der Waals surface area contributed by atoms with E-state index in [1.165, 1.54) is 11.8 Å². The fourth-order valence-electron chi connectivity index (χ4n) is 1.48. The van der Waals surface area contributed by atoms with E-state index in [4.69, 9.17) is 0 Å². The minimum Gasteiger partial charge on any atom is -0.343 e. The molecule has 1 aliphatic rings. The second-order valence-corrected chi connectivity index (χ2v) is 5.68. The van der Waals surface area contributed by atoms with Gasteiger partial charge in [-0.05, 0) is 28.1 Å². The van der Waals surface area contributed by atoms with E-state index in [0.717, 1.165) is 12.3 Å². The third-order valence-electron chi connectivity index (χ3n) is 2.36. The lowest BCUT2D eigenvalue weighted by Crippen LogP contribution is -2.38. The minimum atomic E-state index is -0.288. The highest BCUT2D eigenvalue weighted by Gasteiger charge is 2.13. The summed E-state index contributed by atoms with van der Waals surface area (Å²) in [6.07, 6.45) is 0. The summed E-state index contributed by atoms with van der Waals surface area (Å²) in [6.45, 7) is 0.656. The van der Waals surface area contributed by atoms with Crippen molar-refractivity contribution in [1.29, 1.82) is 0 Å². The number of aliphatic imine (C=N–C) groups is 1. The summed E-state index contributed by atoms with van der Waals surface area (Å²) in [4.78, 5) is 27.5. The molecule has 100 valence electrons. The largest absolute Gasteiger partial charge is 0.343 e. The van der Waals surface area contributed by atoms with Crippen molar-refractivity contribution in [2.75, 3.05) is 18.8 Å². The molecule has 0 atom stereocenters. The molecule has 1 aromatic rings. The zero-order chi connectivity index (χ0) is 13.7. The smallest absolute Gasteiger partial charge is 0.252 e. The first-order chi connectivity index (χ1) is 9.16. The molecule has 1 aromatic carbocycles. The molecule has 2 N–H and O–H groups in total. The predicted octanol–water partition coefficient (Wildman–Crippen LogP) is 1.40. The summed E-state index contributed by atoms with van der Waals surface area (Å²) in [5, 5.41) is 5.84. The highest BCUT2D eigenvalue weighted by molar-refractivity contribution is 9.10. The van der Waals surface area contributed by atoms with Crippen molar-refractivity contribution in [3.8, 4) is 0 Å². The van der Waals surface area contributed by atoms with Crippen LogP contribution < -0.4 is 10.6 Å².